The number of rotatable bonds is 11. The second kappa shape index (κ2) is 10.6. The highest BCUT2D eigenvalue weighted by atomic mass is 16.5. The van der Waals surface area contributed by atoms with Gasteiger partial charge in [0.1, 0.15) is 11.5 Å². The Hall–Kier alpha value is -1.22. The third-order valence-corrected chi connectivity index (χ3v) is 3.49. The van der Waals surface area contributed by atoms with Gasteiger partial charge in [-0.3, -0.25) is 0 Å². The Morgan fingerprint density at radius 1 is 1.00 bits per heavy atom. The van der Waals surface area contributed by atoms with Crippen LogP contribution in [0.1, 0.15) is 57.4 Å². The molecule has 0 heterocycles. The second-order valence-corrected chi connectivity index (χ2v) is 5.15. The summed E-state index contributed by atoms with van der Waals surface area (Å²) in [7, 11) is 1.66. The molecule has 1 aromatic carbocycles. The Bertz CT molecular complexity index is 366. The van der Waals surface area contributed by atoms with E-state index in [1.54, 1.807) is 7.11 Å². The van der Waals surface area contributed by atoms with Crippen LogP contribution in [0.3, 0.4) is 0 Å². The summed E-state index contributed by atoms with van der Waals surface area (Å²) in [6.45, 7) is 3.49. The first-order chi connectivity index (χ1) is 9.81. The van der Waals surface area contributed by atoms with Crippen LogP contribution in [0.5, 0.6) is 11.5 Å². The first kappa shape index (κ1) is 16.8. The summed E-state index contributed by atoms with van der Waals surface area (Å²) >= 11 is 0. The van der Waals surface area contributed by atoms with Gasteiger partial charge in [-0.1, -0.05) is 45.4 Å². The molecule has 0 saturated carbocycles. The fraction of sp³-hybridized carbons (Fsp3) is 0.647. The molecule has 0 spiro atoms. The molecule has 0 unspecified atom stereocenters. The fourth-order valence-electron chi connectivity index (χ4n) is 2.22. The highest BCUT2D eigenvalue weighted by Gasteiger charge is 2.04. The van der Waals surface area contributed by atoms with Gasteiger partial charge in [-0.05, 0) is 24.6 Å². The number of ether oxygens (including phenoxy) is 2. The van der Waals surface area contributed by atoms with Crippen LogP contribution in [0.15, 0.2) is 18.2 Å². The van der Waals surface area contributed by atoms with Gasteiger partial charge < -0.3 is 15.2 Å². The van der Waals surface area contributed by atoms with Crippen LogP contribution in [-0.4, -0.2) is 13.7 Å². The Kier molecular flexibility index (Phi) is 8.88. The monoisotopic (exact) mass is 279 g/mol. The first-order valence-electron chi connectivity index (χ1n) is 7.81. The molecule has 0 radical (unpaired) electrons. The van der Waals surface area contributed by atoms with E-state index in [9.17, 15) is 0 Å². The summed E-state index contributed by atoms with van der Waals surface area (Å²) in [5, 5.41) is 0. The number of methoxy groups -OCH3 is 1. The van der Waals surface area contributed by atoms with Gasteiger partial charge in [-0.25, -0.2) is 0 Å². The molecule has 0 aromatic heterocycles. The minimum absolute atomic E-state index is 0.476. The number of hydrogen-bond acceptors (Lipinski definition) is 3. The van der Waals surface area contributed by atoms with Crippen LogP contribution in [-0.2, 0) is 6.54 Å². The molecule has 0 amide bonds. The van der Waals surface area contributed by atoms with Gasteiger partial charge in [-0.15, -0.1) is 0 Å². The largest absolute Gasteiger partial charge is 0.497 e. The van der Waals surface area contributed by atoms with Gasteiger partial charge in [0.15, 0.2) is 0 Å². The van der Waals surface area contributed by atoms with Gasteiger partial charge in [-0.2, -0.15) is 0 Å². The first-order valence-corrected chi connectivity index (χ1v) is 7.81. The minimum Gasteiger partial charge on any atom is -0.497 e. The predicted octanol–water partition coefficient (Wildman–Crippen LogP) is 4.28. The summed E-state index contributed by atoms with van der Waals surface area (Å²) < 4.78 is 11.0. The molecule has 2 N–H and O–H groups in total. The average Bonchev–Trinajstić information content (AvgIpc) is 2.50. The summed E-state index contributed by atoms with van der Waals surface area (Å²) in [6.07, 6.45) is 9.07. The van der Waals surface area contributed by atoms with E-state index in [2.05, 4.69) is 6.92 Å². The van der Waals surface area contributed by atoms with Gasteiger partial charge in [0.05, 0.1) is 13.7 Å². The molecule has 0 aliphatic heterocycles. The molecule has 0 aliphatic carbocycles. The Labute approximate surface area is 123 Å². The zero-order valence-electron chi connectivity index (χ0n) is 13.0. The Balaban J connectivity index is 2.21. The van der Waals surface area contributed by atoms with E-state index in [0.29, 0.717) is 6.54 Å². The number of unbranched alkanes of at least 4 members (excludes halogenated alkanes) is 6. The molecule has 0 bridgehead atoms. The highest BCUT2D eigenvalue weighted by molar-refractivity contribution is 5.40. The highest BCUT2D eigenvalue weighted by Crippen LogP contribution is 2.24. The van der Waals surface area contributed by atoms with Gasteiger partial charge in [0, 0.05) is 12.1 Å². The normalized spacial score (nSPS) is 10.6. The number of benzene rings is 1. The van der Waals surface area contributed by atoms with Crippen molar-refractivity contribution in [2.45, 2.75) is 58.4 Å². The standard InChI is InChI=1S/C17H29NO2/c1-3-4-5-6-7-8-9-12-20-17-11-10-16(19-2)13-15(17)14-18/h10-11,13H,3-9,12,14,18H2,1-2H3. The molecule has 3 nitrogen and oxygen atoms in total. The van der Waals surface area contributed by atoms with Crippen molar-refractivity contribution in [3.8, 4) is 11.5 Å². The van der Waals surface area contributed by atoms with E-state index >= 15 is 0 Å². The zero-order valence-corrected chi connectivity index (χ0v) is 13.0. The van der Waals surface area contributed by atoms with E-state index in [1.165, 1.54) is 38.5 Å². The molecule has 0 aliphatic rings. The smallest absolute Gasteiger partial charge is 0.124 e. The van der Waals surface area contributed by atoms with Crippen molar-refractivity contribution in [2.24, 2.45) is 5.73 Å². The quantitative estimate of drug-likeness (QED) is 0.615. The molecule has 0 fully saturated rings. The van der Waals surface area contributed by atoms with Gasteiger partial charge in [0.25, 0.3) is 0 Å². The van der Waals surface area contributed by atoms with Gasteiger partial charge in [0.2, 0.25) is 0 Å². The van der Waals surface area contributed by atoms with Crippen molar-refractivity contribution in [3.63, 3.8) is 0 Å². The van der Waals surface area contributed by atoms with Crippen LogP contribution in [0.4, 0.5) is 0 Å². The Morgan fingerprint density at radius 3 is 2.35 bits per heavy atom. The zero-order chi connectivity index (χ0) is 14.6. The van der Waals surface area contributed by atoms with Crippen LogP contribution in [0.2, 0.25) is 0 Å². The summed E-state index contributed by atoms with van der Waals surface area (Å²) in [4.78, 5) is 0. The predicted molar refractivity (Wildman–Crippen MR) is 84.4 cm³/mol. The maximum atomic E-state index is 5.82. The molecule has 0 saturated heterocycles. The third kappa shape index (κ3) is 6.29. The van der Waals surface area contributed by atoms with Gasteiger partial charge >= 0.3 is 0 Å². The Morgan fingerprint density at radius 2 is 1.70 bits per heavy atom. The molecular formula is C17H29NO2. The van der Waals surface area contributed by atoms with Crippen molar-refractivity contribution in [1.82, 2.24) is 0 Å². The molecule has 3 heteroatoms. The van der Waals surface area contributed by atoms with E-state index in [1.807, 2.05) is 18.2 Å². The van der Waals surface area contributed by atoms with E-state index in [-0.39, 0.29) is 0 Å². The van der Waals surface area contributed by atoms with E-state index < -0.39 is 0 Å². The van der Waals surface area contributed by atoms with Crippen LogP contribution < -0.4 is 15.2 Å². The number of nitrogens with two attached hydrogens (primary N) is 1. The van der Waals surface area contributed by atoms with Crippen molar-refractivity contribution in [2.75, 3.05) is 13.7 Å². The maximum absolute atomic E-state index is 5.82. The average molecular weight is 279 g/mol. The summed E-state index contributed by atoms with van der Waals surface area (Å²) in [5.74, 6) is 1.72. The fourth-order valence-corrected chi connectivity index (χ4v) is 2.22. The lowest BCUT2D eigenvalue weighted by atomic mass is 10.1. The molecule has 1 aromatic rings. The maximum Gasteiger partial charge on any atom is 0.124 e. The lowest BCUT2D eigenvalue weighted by molar-refractivity contribution is 0.300. The lowest BCUT2D eigenvalue weighted by Gasteiger charge is -2.11. The molecule has 0 atom stereocenters. The molecule has 1 rings (SSSR count). The molecular weight excluding hydrogens is 250 g/mol. The van der Waals surface area contributed by atoms with Crippen molar-refractivity contribution in [3.05, 3.63) is 23.8 Å². The van der Waals surface area contributed by atoms with E-state index in [4.69, 9.17) is 15.2 Å². The summed E-state index contributed by atoms with van der Waals surface area (Å²) in [6, 6.07) is 5.81. The SMILES string of the molecule is CCCCCCCCCOc1ccc(OC)cc1CN. The van der Waals surface area contributed by atoms with Crippen LogP contribution in [0.25, 0.3) is 0 Å². The minimum atomic E-state index is 0.476. The number of hydrogen-bond donors (Lipinski definition) is 1. The second-order valence-electron chi connectivity index (χ2n) is 5.15. The van der Waals surface area contributed by atoms with Crippen molar-refractivity contribution in [1.29, 1.82) is 0 Å². The molecule has 114 valence electrons. The van der Waals surface area contributed by atoms with Crippen molar-refractivity contribution >= 4 is 0 Å². The summed E-state index contributed by atoms with van der Waals surface area (Å²) in [5.41, 5.74) is 6.74. The van der Waals surface area contributed by atoms with Crippen LogP contribution >= 0.6 is 0 Å². The third-order valence-electron chi connectivity index (χ3n) is 3.49. The lowest BCUT2D eigenvalue weighted by Crippen LogP contribution is -2.04. The van der Waals surface area contributed by atoms with E-state index in [0.717, 1.165) is 30.1 Å². The molecule has 20 heavy (non-hydrogen) atoms. The van der Waals surface area contributed by atoms with Crippen LogP contribution in [0, 0.1) is 0 Å². The van der Waals surface area contributed by atoms with Crippen molar-refractivity contribution < 1.29 is 9.47 Å². The topological polar surface area (TPSA) is 44.5 Å².